The van der Waals surface area contributed by atoms with E-state index in [1.807, 2.05) is 0 Å². The van der Waals surface area contributed by atoms with Gasteiger partial charge in [0.05, 0.1) is 0 Å². The van der Waals surface area contributed by atoms with Crippen LogP contribution in [0.5, 0.6) is 0 Å². The Morgan fingerprint density at radius 3 is 2.87 bits per heavy atom. The second-order valence-corrected chi connectivity index (χ2v) is 4.44. The molecule has 0 radical (unpaired) electrons. The predicted octanol–water partition coefficient (Wildman–Crippen LogP) is 2.74. The van der Waals surface area contributed by atoms with Gasteiger partial charge in [-0.1, -0.05) is 12.1 Å². The van der Waals surface area contributed by atoms with Crippen LogP contribution >= 0.6 is 0 Å². The van der Waals surface area contributed by atoms with Gasteiger partial charge in [0.2, 0.25) is 0 Å². The van der Waals surface area contributed by atoms with Crippen LogP contribution in [-0.2, 0) is 6.54 Å². The zero-order chi connectivity index (χ0) is 10.4. The number of hydrogen-bond acceptors (Lipinski definition) is 1. The Labute approximate surface area is 89.7 Å². The Hall–Kier alpha value is -1.28. The van der Waals surface area contributed by atoms with Crippen molar-refractivity contribution in [2.24, 2.45) is 5.73 Å². The summed E-state index contributed by atoms with van der Waals surface area (Å²) >= 11 is 0. The van der Waals surface area contributed by atoms with Gasteiger partial charge in [-0.2, -0.15) is 0 Å². The minimum atomic E-state index is 0.630. The van der Waals surface area contributed by atoms with Crippen LogP contribution in [0.4, 0.5) is 0 Å². The van der Waals surface area contributed by atoms with Gasteiger partial charge < -0.3 is 10.3 Å². The van der Waals surface area contributed by atoms with Crippen molar-refractivity contribution in [2.75, 3.05) is 0 Å². The summed E-state index contributed by atoms with van der Waals surface area (Å²) in [6, 6.07) is 9.47. The normalized spacial score (nSPS) is 16.1. The first-order valence-electron chi connectivity index (χ1n) is 5.61. The van der Waals surface area contributed by atoms with Crippen molar-refractivity contribution < 1.29 is 0 Å². The molecule has 15 heavy (non-hydrogen) atoms. The van der Waals surface area contributed by atoms with Crippen molar-refractivity contribution in [3.05, 3.63) is 35.5 Å². The molecule has 0 amide bonds. The zero-order valence-corrected chi connectivity index (χ0v) is 9.03. The zero-order valence-electron chi connectivity index (χ0n) is 9.03. The van der Waals surface area contributed by atoms with Crippen LogP contribution in [0, 0.1) is 6.92 Å². The third-order valence-electron chi connectivity index (χ3n) is 3.30. The molecule has 78 valence electrons. The van der Waals surface area contributed by atoms with Crippen molar-refractivity contribution in [3.63, 3.8) is 0 Å². The lowest BCUT2D eigenvalue weighted by atomic mass is 10.1. The van der Waals surface area contributed by atoms with E-state index in [1.54, 1.807) is 0 Å². The Morgan fingerprint density at radius 1 is 1.40 bits per heavy atom. The molecule has 1 aromatic heterocycles. The number of nitrogens with zero attached hydrogens (tertiary/aromatic N) is 1. The molecule has 0 aliphatic heterocycles. The number of benzene rings is 1. The minimum Gasteiger partial charge on any atom is -0.342 e. The molecule has 0 saturated heterocycles. The van der Waals surface area contributed by atoms with Gasteiger partial charge in [-0.3, -0.25) is 0 Å². The molecule has 1 saturated carbocycles. The number of fused-ring (bicyclic) bond motifs is 1. The van der Waals surface area contributed by atoms with Crippen molar-refractivity contribution in [3.8, 4) is 0 Å². The Balaban J connectivity index is 2.31. The Morgan fingerprint density at radius 2 is 2.20 bits per heavy atom. The Bertz CT molecular complexity index is 506. The molecule has 0 unspecified atom stereocenters. The summed E-state index contributed by atoms with van der Waals surface area (Å²) in [6.07, 6.45) is 2.66. The average molecular weight is 200 g/mol. The van der Waals surface area contributed by atoms with E-state index in [4.69, 9.17) is 5.73 Å². The standard InChI is InChI=1S/C13H16N2/c1-9-7-12-10(8-14)3-2-4-13(12)15(9)11-5-6-11/h2-4,7,11H,5-6,8,14H2,1H3. The SMILES string of the molecule is Cc1cc2c(CN)cccc2n1C1CC1. The van der Waals surface area contributed by atoms with E-state index in [0.29, 0.717) is 6.54 Å². The maximum Gasteiger partial charge on any atom is 0.0488 e. The molecule has 0 atom stereocenters. The van der Waals surface area contributed by atoms with Gasteiger partial charge in [0.15, 0.2) is 0 Å². The van der Waals surface area contributed by atoms with E-state index in [9.17, 15) is 0 Å². The molecule has 2 aromatic rings. The largest absolute Gasteiger partial charge is 0.342 e. The number of aryl methyl sites for hydroxylation is 1. The van der Waals surface area contributed by atoms with E-state index in [1.165, 1.54) is 35.0 Å². The van der Waals surface area contributed by atoms with Gasteiger partial charge in [-0.05, 0) is 37.5 Å². The van der Waals surface area contributed by atoms with Gasteiger partial charge in [0.1, 0.15) is 0 Å². The van der Waals surface area contributed by atoms with E-state index >= 15 is 0 Å². The van der Waals surface area contributed by atoms with Gasteiger partial charge in [0, 0.05) is 29.2 Å². The van der Waals surface area contributed by atoms with E-state index in [-0.39, 0.29) is 0 Å². The lowest BCUT2D eigenvalue weighted by molar-refractivity contribution is 0.749. The van der Waals surface area contributed by atoms with Gasteiger partial charge >= 0.3 is 0 Å². The summed E-state index contributed by atoms with van der Waals surface area (Å²) in [7, 11) is 0. The molecule has 1 aliphatic carbocycles. The molecule has 0 bridgehead atoms. The van der Waals surface area contributed by atoms with Crippen LogP contribution in [0.15, 0.2) is 24.3 Å². The van der Waals surface area contributed by atoms with Gasteiger partial charge in [0.25, 0.3) is 0 Å². The molecule has 1 aliphatic rings. The average Bonchev–Trinajstić information content (AvgIpc) is 3.00. The third-order valence-corrected chi connectivity index (χ3v) is 3.30. The fourth-order valence-corrected chi connectivity index (χ4v) is 2.44. The first-order chi connectivity index (χ1) is 7.31. The monoisotopic (exact) mass is 200 g/mol. The molecule has 1 fully saturated rings. The van der Waals surface area contributed by atoms with Crippen LogP contribution < -0.4 is 5.73 Å². The molecule has 2 heteroatoms. The first kappa shape index (κ1) is 8.98. The minimum absolute atomic E-state index is 0.630. The predicted molar refractivity (Wildman–Crippen MR) is 62.8 cm³/mol. The second-order valence-electron chi connectivity index (χ2n) is 4.44. The molecular weight excluding hydrogens is 184 g/mol. The summed E-state index contributed by atoms with van der Waals surface area (Å²) < 4.78 is 2.47. The lowest BCUT2D eigenvalue weighted by Crippen LogP contribution is -1.98. The van der Waals surface area contributed by atoms with Crippen LogP contribution in [0.3, 0.4) is 0 Å². The summed E-state index contributed by atoms with van der Waals surface area (Å²) in [4.78, 5) is 0. The van der Waals surface area contributed by atoms with Crippen LogP contribution in [-0.4, -0.2) is 4.57 Å². The number of rotatable bonds is 2. The number of aromatic nitrogens is 1. The molecular formula is C13H16N2. The molecule has 0 spiro atoms. The highest BCUT2D eigenvalue weighted by atomic mass is 15.0. The highest BCUT2D eigenvalue weighted by Crippen LogP contribution is 2.39. The van der Waals surface area contributed by atoms with Gasteiger partial charge in [-0.15, -0.1) is 0 Å². The molecule has 2 N–H and O–H groups in total. The van der Waals surface area contributed by atoms with E-state index in [0.717, 1.165) is 6.04 Å². The van der Waals surface area contributed by atoms with Crippen LogP contribution in [0.1, 0.15) is 30.1 Å². The molecule has 1 heterocycles. The fourth-order valence-electron chi connectivity index (χ4n) is 2.44. The maximum atomic E-state index is 5.76. The fraction of sp³-hybridized carbons (Fsp3) is 0.385. The van der Waals surface area contributed by atoms with Crippen molar-refractivity contribution in [1.82, 2.24) is 4.57 Å². The van der Waals surface area contributed by atoms with E-state index in [2.05, 4.69) is 35.8 Å². The smallest absolute Gasteiger partial charge is 0.0488 e. The molecule has 2 nitrogen and oxygen atoms in total. The highest BCUT2D eigenvalue weighted by molar-refractivity contribution is 5.85. The van der Waals surface area contributed by atoms with Gasteiger partial charge in [-0.25, -0.2) is 0 Å². The van der Waals surface area contributed by atoms with Crippen LogP contribution in [0.2, 0.25) is 0 Å². The second kappa shape index (κ2) is 3.11. The summed E-state index contributed by atoms with van der Waals surface area (Å²) in [6.45, 7) is 2.82. The Kier molecular flexibility index (Phi) is 1.86. The molecule has 3 rings (SSSR count). The quantitative estimate of drug-likeness (QED) is 0.794. The number of hydrogen-bond donors (Lipinski definition) is 1. The van der Waals surface area contributed by atoms with Crippen molar-refractivity contribution in [2.45, 2.75) is 32.4 Å². The summed E-state index contributed by atoms with van der Waals surface area (Å²) in [5.74, 6) is 0. The highest BCUT2D eigenvalue weighted by Gasteiger charge is 2.26. The maximum absolute atomic E-state index is 5.76. The lowest BCUT2D eigenvalue weighted by Gasteiger charge is -2.06. The van der Waals surface area contributed by atoms with Crippen molar-refractivity contribution in [1.29, 1.82) is 0 Å². The summed E-state index contributed by atoms with van der Waals surface area (Å²) in [5, 5.41) is 1.34. The first-order valence-corrected chi connectivity index (χ1v) is 5.61. The van der Waals surface area contributed by atoms with Crippen molar-refractivity contribution >= 4 is 10.9 Å². The topological polar surface area (TPSA) is 30.9 Å². The summed E-state index contributed by atoms with van der Waals surface area (Å²) in [5.41, 5.74) is 9.75. The van der Waals surface area contributed by atoms with Crippen LogP contribution in [0.25, 0.3) is 10.9 Å². The van der Waals surface area contributed by atoms with E-state index < -0.39 is 0 Å². The number of nitrogens with two attached hydrogens (primary N) is 1. The third kappa shape index (κ3) is 1.29. The molecule has 1 aromatic carbocycles.